The maximum absolute atomic E-state index is 14.7. The molecule has 3 aromatic carbocycles. The van der Waals surface area contributed by atoms with E-state index in [1.807, 2.05) is 43.3 Å². The molecule has 0 fully saturated rings. The van der Waals surface area contributed by atoms with Crippen molar-refractivity contribution in [2.24, 2.45) is 0 Å². The van der Waals surface area contributed by atoms with Crippen molar-refractivity contribution in [3.63, 3.8) is 0 Å². The molecule has 0 amide bonds. The number of hydrogen-bond acceptors (Lipinski definition) is 3. The largest absolute Gasteiger partial charge is 0.497 e. The molecule has 4 nitrogen and oxygen atoms in total. The minimum atomic E-state index is -0.823. The van der Waals surface area contributed by atoms with Crippen LogP contribution < -0.4 is 9.47 Å². The molecule has 0 aliphatic rings. The second-order valence-electron chi connectivity index (χ2n) is 9.34. The Bertz CT molecular complexity index is 1130. The molecule has 174 valence electrons. The first-order chi connectivity index (χ1) is 15.6. The molecule has 0 unspecified atom stereocenters. The third-order valence-electron chi connectivity index (χ3n) is 5.67. The van der Waals surface area contributed by atoms with Crippen molar-refractivity contribution in [1.29, 1.82) is 0 Å². The third kappa shape index (κ3) is 6.13. The van der Waals surface area contributed by atoms with Gasteiger partial charge in [-0.3, -0.25) is 4.79 Å². The van der Waals surface area contributed by atoms with E-state index in [0.717, 1.165) is 22.3 Å². The fourth-order valence-electron chi connectivity index (χ4n) is 3.83. The van der Waals surface area contributed by atoms with E-state index >= 15 is 0 Å². The number of halogens is 1. The maximum Gasteiger partial charge on any atom is 0.303 e. The topological polar surface area (TPSA) is 55.8 Å². The molecule has 0 radical (unpaired) electrons. The Hall–Kier alpha value is -3.34. The van der Waals surface area contributed by atoms with Gasteiger partial charge in [0.25, 0.3) is 0 Å². The Labute approximate surface area is 195 Å². The van der Waals surface area contributed by atoms with Gasteiger partial charge in [-0.05, 0) is 63.9 Å². The van der Waals surface area contributed by atoms with Crippen LogP contribution in [0.5, 0.6) is 11.5 Å². The van der Waals surface area contributed by atoms with Gasteiger partial charge in [0.1, 0.15) is 23.9 Å². The van der Waals surface area contributed by atoms with Gasteiger partial charge in [-0.2, -0.15) is 0 Å². The van der Waals surface area contributed by atoms with Crippen LogP contribution in [0, 0.1) is 5.82 Å². The first-order valence-corrected chi connectivity index (χ1v) is 11.0. The highest BCUT2D eigenvalue weighted by molar-refractivity contribution is 5.71. The number of benzene rings is 3. The summed E-state index contributed by atoms with van der Waals surface area (Å²) in [6.45, 7) is 8.53. The zero-order valence-corrected chi connectivity index (χ0v) is 19.8. The molecule has 0 bridgehead atoms. The van der Waals surface area contributed by atoms with Gasteiger partial charge in [-0.1, -0.05) is 58.0 Å². The second kappa shape index (κ2) is 10.1. The van der Waals surface area contributed by atoms with Gasteiger partial charge < -0.3 is 14.6 Å². The van der Waals surface area contributed by atoms with E-state index in [4.69, 9.17) is 14.6 Å². The molecule has 0 saturated heterocycles. The monoisotopic (exact) mass is 450 g/mol. The lowest BCUT2D eigenvalue weighted by Gasteiger charge is -2.24. The van der Waals surface area contributed by atoms with Gasteiger partial charge in [0.2, 0.25) is 0 Å². The van der Waals surface area contributed by atoms with Crippen LogP contribution in [0.15, 0.2) is 60.7 Å². The van der Waals surface area contributed by atoms with Gasteiger partial charge in [-0.25, -0.2) is 4.39 Å². The smallest absolute Gasteiger partial charge is 0.303 e. The van der Waals surface area contributed by atoms with Crippen molar-refractivity contribution in [2.75, 3.05) is 7.11 Å². The maximum atomic E-state index is 14.7. The summed E-state index contributed by atoms with van der Waals surface area (Å²) in [7, 11) is 1.57. The van der Waals surface area contributed by atoms with E-state index in [0.29, 0.717) is 23.7 Å². The molecular weight excluding hydrogens is 419 g/mol. The first-order valence-electron chi connectivity index (χ1n) is 11.0. The lowest BCUT2D eigenvalue weighted by molar-refractivity contribution is -0.137. The predicted molar refractivity (Wildman–Crippen MR) is 129 cm³/mol. The van der Waals surface area contributed by atoms with Crippen molar-refractivity contribution in [3.8, 4) is 22.6 Å². The van der Waals surface area contributed by atoms with Crippen LogP contribution in [0.3, 0.4) is 0 Å². The summed E-state index contributed by atoms with van der Waals surface area (Å²) in [5, 5.41) is 9.05. The molecule has 1 N–H and O–H groups in total. The van der Waals surface area contributed by atoms with E-state index in [2.05, 4.69) is 26.8 Å². The van der Waals surface area contributed by atoms with Gasteiger partial charge in [-0.15, -0.1) is 0 Å². The van der Waals surface area contributed by atoms with Crippen molar-refractivity contribution in [2.45, 2.75) is 52.1 Å². The first kappa shape index (κ1) is 24.3. The quantitative estimate of drug-likeness (QED) is 0.403. The molecule has 1 atom stereocenters. The lowest BCUT2D eigenvalue weighted by Crippen LogP contribution is -2.14. The summed E-state index contributed by atoms with van der Waals surface area (Å²) in [5.41, 5.74) is 4.02. The fraction of sp³-hybridized carbons (Fsp3) is 0.321. The number of ether oxygens (including phenoxy) is 2. The van der Waals surface area contributed by atoms with Crippen LogP contribution >= 0.6 is 0 Å². The Morgan fingerprint density at radius 1 is 1.00 bits per heavy atom. The number of hydrogen-bond donors (Lipinski definition) is 1. The van der Waals surface area contributed by atoms with Crippen molar-refractivity contribution >= 4 is 5.97 Å². The van der Waals surface area contributed by atoms with E-state index in [9.17, 15) is 9.18 Å². The molecule has 0 aliphatic carbocycles. The molecule has 3 aromatic rings. The van der Waals surface area contributed by atoms with E-state index < -0.39 is 5.97 Å². The predicted octanol–water partition coefficient (Wildman–Crippen LogP) is 6.96. The molecule has 0 aliphatic heterocycles. The number of methoxy groups -OCH3 is 1. The lowest BCUT2D eigenvalue weighted by atomic mass is 9.81. The van der Waals surface area contributed by atoms with E-state index in [-0.39, 0.29) is 23.6 Å². The number of carbonyl (C=O) groups is 1. The molecule has 0 saturated carbocycles. The molecule has 3 rings (SSSR count). The minimum absolute atomic E-state index is 0.0701. The zero-order valence-electron chi connectivity index (χ0n) is 19.8. The van der Waals surface area contributed by atoms with Gasteiger partial charge in [0, 0.05) is 5.56 Å². The van der Waals surface area contributed by atoms with Crippen molar-refractivity contribution in [3.05, 3.63) is 83.2 Å². The van der Waals surface area contributed by atoms with Crippen LogP contribution in [0.4, 0.5) is 4.39 Å². The number of carboxylic acids is 1. The molecule has 5 heteroatoms. The summed E-state index contributed by atoms with van der Waals surface area (Å²) in [5.74, 6) is 0.0740. The second-order valence-corrected chi connectivity index (χ2v) is 9.34. The molecular formula is C28H31FO4. The summed E-state index contributed by atoms with van der Waals surface area (Å²) >= 11 is 0. The summed E-state index contributed by atoms with van der Waals surface area (Å²) < 4.78 is 26.0. The average Bonchev–Trinajstić information content (AvgIpc) is 2.77. The summed E-state index contributed by atoms with van der Waals surface area (Å²) in [4.78, 5) is 11.0. The molecule has 33 heavy (non-hydrogen) atoms. The van der Waals surface area contributed by atoms with Crippen molar-refractivity contribution in [1.82, 2.24) is 0 Å². The molecule has 0 aromatic heterocycles. The van der Waals surface area contributed by atoms with Crippen LogP contribution in [0.1, 0.15) is 56.7 Å². The van der Waals surface area contributed by atoms with Crippen LogP contribution in [0.25, 0.3) is 11.1 Å². The highest BCUT2D eigenvalue weighted by Gasteiger charge is 2.21. The van der Waals surface area contributed by atoms with Crippen molar-refractivity contribution < 1.29 is 23.8 Å². The number of aliphatic carboxylic acids is 1. The number of rotatable bonds is 8. The Balaban J connectivity index is 1.87. The molecule has 0 spiro atoms. The molecule has 0 heterocycles. The standard InChI is InChI=1S/C28H31FO4/c1-18(13-27(30)31)20-7-6-8-22(15-20)33-17-19-9-11-23(25(14-19)28(2,3)4)24-16-21(32-5)10-12-26(24)29/h6-12,14-16,18H,13,17H2,1-5H3,(H,30,31)/t18-/m0/s1. The van der Waals surface area contributed by atoms with Gasteiger partial charge in [0.15, 0.2) is 0 Å². The van der Waals surface area contributed by atoms with Crippen LogP contribution in [-0.4, -0.2) is 18.2 Å². The van der Waals surface area contributed by atoms with Crippen LogP contribution in [0.2, 0.25) is 0 Å². The van der Waals surface area contributed by atoms with E-state index in [1.165, 1.54) is 6.07 Å². The zero-order chi connectivity index (χ0) is 24.2. The van der Waals surface area contributed by atoms with Gasteiger partial charge >= 0.3 is 5.97 Å². The highest BCUT2D eigenvalue weighted by atomic mass is 19.1. The summed E-state index contributed by atoms with van der Waals surface area (Å²) in [6, 6.07) is 18.2. The Morgan fingerprint density at radius 2 is 1.76 bits per heavy atom. The minimum Gasteiger partial charge on any atom is -0.497 e. The average molecular weight is 451 g/mol. The Kier molecular flexibility index (Phi) is 7.42. The fourth-order valence-corrected chi connectivity index (χ4v) is 3.83. The number of carboxylic acid groups (broad SMARTS) is 1. The highest BCUT2D eigenvalue weighted by Crippen LogP contribution is 2.37. The SMILES string of the molecule is COc1ccc(F)c(-c2ccc(COc3cccc([C@@H](C)CC(=O)O)c3)cc2C(C)(C)C)c1. The Morgan fingerprint density at radius 3 is 2.42 bits per heavy atom. The normalized spacial score (nSPS) is 12.3. The van der Waals surface area contributed by atoms with E-state index in [1.54, 1.807) is 19.2 Å². The van der Waals surface area contributed by atoms with Gasteiger partial charge in [0.05, 0.1) is 13.5 Å². The van der Waals surface area contributed by atoms with Crippen LogP contribution in [-0.2, 0) is 16.8 Å². The third-order valence-corrected chi connectivity index (χ3v) is 5.67. The summed E-state index contributed by atoms with van der Waals surface area (Å²) in [6.07, 6.45) is 0.0701.